The molecule has 4 aliphatic rings. The third kappa shape index (κ3) is 10.7. The molecule has 4 bridgehead atoms. The normalized spacial score (nSPS) is 34.5. The molecule has 0 aromatic heterocycles. The molecule has 1 N–H and O–H groups in total. The van der Waals surface area contributed by atoms with Crippen LogP contribution in [0.25, 0.3) is 0 Å². The first-order chi connectivity index (χ1) is 20.4. The molecule has 4 heterocycles. The molecule has 0 aromatic carbocycles. The number of amides is 1. The van der Waals surface area contributed by atoms with E-state index in [1.54, 1.807) is 4.90 Å². The highest BCUT2D eigenvalue weighted by atomic mass is 16.6. The van der Waals surface area contributed by atoms with Crippen molar-refractivity contribution in [2.24, 2.45) is 11.8 Å². The summed E-state index contributed by atoms with van der Waals surface area (Å²) in [5, 5.41) is 3.23. The zero-order valence-corrected chi connectivity index (χ0v) is 25.9. The minimum absolute atomic E-state index is 0.0140. The number of rotatable bonds is 5. The summed E-state index contributed by atoms with van der Waals surface area (Å²) in [6.45, 7) is 9.71. The predicted octanol–water partition coefficient (Wildman–Crippen LogP) is 5.89. The number of fused-ring (bicyclic) bond motifs is 4. The minimum atomic E-state index is -0.389. The van der Waals surface area contributed by atoms with Crippen molar-refractivity contribution in [3.8, 4) is 0 Å². The van der Waals surface area contributed by atoms with E-state index in [9.17, 15) is 9.59 Å². The van der Waals surface area contributed by atoms with Crippen LogP contribution in [-0.4, -0.2) is 80.3 Å². The van der Waals surface area contributed by atoms with Gasteiger partial charge in [0.1, 0.15) is 6.10 Å². The van der Waals surface area contributed by atoms with Crippen LogP contribution in [0.15, 0.2) is 48.1 Å². The van der Waals surface area contributed by atoms with Gasteiger partial charge in [-0.3, -0.25) is 4.79 Å². The quantitative estimate of drug-likeness (QED) is 0.187. The van der Waals surface area contributed by atoms with Crippen molar-refractivity contribution in [2.75, 3.05) is 32.8 Å². The van der Waals surface area contributed by atoms with Crippen molar-refractivity contribution in [2.45, 2.75) is 109 Å². The van der Waals surface area contributed by atoms with E-state index >= 15 is 0 Å². The van der Waals surface area contributed by atoms with E-state index in [0.717, 1.165) is 51.6 Å². The van der Waals surface area contributed by atoms with E-state index in [0.29, 0.717) is 32.0 Å². The molecule has 7 atom stereocenters. The molecule has 0 saturated carbocycles. The largest absolute Gasteiger partial charge is 0.457 e. The van der Waals surface area contributed by atoms with Gasteiger partial charge >= 0.3 is 12.1 Å². The molecule has 8 nitrogen and oxygen atoms in total. The van der Waals surface area contributed by atoms with Gasteiger partial charge in [-0.15, -0.1) is 0 Å². The van der Waals surface area contributed by atoms with Crippen molar-refractivity contribution in [3.05, 3.63) is 48.1 Å². The topological polar surface area (TPSA) is 86.3 Å². The average Bonchev–Trinajstić information content (AvgIpc) is 2.98. The predicted molar refractivity (Wildman–Crippen MR) is 164 cm³/mol. The van der Waals surface area contributed by atoms with Gasteiger partial charge in [-0.05, 0) is 63.9 Å². The molecular weight excluding hydrogens is 532 g/mol. The van der Waals surface area contributed by atoms with E-state index in [1.807, 2.05) is 24.3 Å². The number of nitrogens with zero attached hydrogens (tertiary/aromatic N) is 1. The second-order valence-corrected chi connectivity index (χ2v) is 12.4. The number of allylic oxidation sites excluding steroid dienone is 4. The Kier molecular flexibility index (Phi) is 13.2. The lowest BCUT2D eigenvalue weighted by Crippen LogP contribution is -2.46. The summed E-state index contributed by atoms with van der Waals surface area (Å²) in [6.07, 6.45) is 21.9. The van der Waals surface area contributed by atoms with E-state index in [1.165, 1.54) is 12.0 Å². The highest BCUT2D eigenvalue weighted by Crippen LogP contribution is 2.33. The molecule has 1 amide bonds. The van der Waals surface area contributed by atoms with Crippen molar-refractivity contribution >= 4 is 12.1 Å². The molecule has 4 aliphatic heterocycles. The number of ether oxygens (including phenoxy) is 4. The van der Waals surface area contributed by atoms with Crippen molar-refractivity contribution in [3.63, 3.8) is 0 Å². The third-order valence-electron chi connectivity index (χ3n) is 8.73. The number of carbonyl (C=O) groups excluding carboxylic acids is 2. The maximum atomic E-state index is 13.2. The van der Waals surface area contributed by atoms with Crippen LogP contribution in [0.4, 0.5) is 4.79 Å². The summed E-state index contributed by atoms with van der Waals surface area (Å²) < 4.78 is 24.4. The lowest BCUT2D eigenvalue weighted by molar-refractivity contribution is -0.154. The molecule has 234 valence electrons. The van der Waals surface area contributed by atoms with Crippen LogP contribution in [-0.2, 0) is 23.7 Å². The summed E-state index contributed by atoms with van der Waals surface area (Å²) in [5.74, 6) is 0.155. The Morgan fingerprint density at radius 1 is 1.00 bits per heavy atom. The van der Waals surface area contributed by atoms with Crippen LogP contribution in [0, 0.1) is 11.8 Å². The zero-order valence-electron chi connectivity index (χ0n) is 25.9. The molecule has 0 spiro atoms. The Bertz CT molecular complexity index is 985. The second-order valence-electron chi connectivity index (χ2n) is 12.4. The number of hydrogen-bond donors (Lipinski definition) is 1. The first kappa shape index (κ1) is 32.5. The fourth-order valence-corrected chi connectivity index (χ4v) is 6.33. The van der Waals surface area contributed by atoms with Gasteiger partial charge in [0.25, 0.3) is 0 Å². The van der Waals surface area contributed by atoms with E-state index in [2.05, 4.69) is 44.3 Å². The molecule has 0 aromatic rings. The molecule has 42 heavy (non-hydrogen) atoms. The molecule has 0 aliphatic carbocycles. The van der Waals surface area contributed by atoms with Gasteiger partial charge in [0, 0.05) is 38.5 Å². The summed E-state index contributed by atoms with van der Waals surface area (Å²) >= 11 is 0. The van der Waals surface area contributed by atoms with Gasteiger partial charge in [0.2, 0.25) is 0 Å². The van der Waals surface area contributed by atoms with Crippen LogP contribution in [0.3, 0.4) is 0 Å². The van der Waals surface area contributed by atoms with Crippen LogP contribution in [0.1, 0.15) is 78.6 Å². The maximum Gasteiger partial charge on any atom is 0.409 e. The number of nitrogens with one attached hydrogen (secondary N) is 1. The molecule has 0 radical (unpaired) electrons. The van der Waals surface area contributed by atoms with Gasteiger partial charge < -0.3 is 29.2 Å². The van der Waals surface area contributed by atoms with Gasteiger partial charge in [-0.25, -0.2) is 4.79 Å². The Labute approximate surface area is 252 Å². The number of cyclic esters (lactones) is 1. The van der Waals surface area contributed by atoms with Crippen molar-refractivity contribution in [1.82, 2.24) is 10.2 Å². The SMILES string of the molecule is CC=C1CC2CC(=O)OC(C=CC=CCCOC(=O)N3CCNCC3)C(C)C=CC(C)CC3CCCC(CC(C1)O2)O3. The molecule has 4 rings (SSSR count). The smallest absolute Gasteiger partial charge is 0.409 e. The average molecular weight is 585 g/mol. The minimum Gasteiger partial charge on any atom is -0.457 e. The zero-order chi connectivity index (χ0) is 29.7. The molecule has 3 fully saturated rings. The molecular formula is C34H52N2O6. The Balaban J connectivity index is 1.37. The summed E-state index contributed by atoms with van der Waals surface area (Å²) in [5.41, 5.74) is 1.35. The lowest BCUT2D eigenvalue weighted by atomic mass is 9.90. The number of carbonyl (C=O) groups is 2. The molecule has 7 unspecified atom stereocenters. The third-order valence-corrected chi connectivity index (χ3v) is 8.73. The van der Waals surface area contributed by atoms with Crippen LogP contribution in [0.2, 0.25) is 0 Å². The summed E-state index contributed by atoms with van der Waals surface area (Å²) in [7, 11) is 0. The van der Waals surface area contributed by atoms with Crippen LogP contribution >= 0.6 is 0 Å². The monoisotopic (exact) mass is 584 g/mol. The Morgan fingerprint density at radius 2 is 1.74 bits per heavy atom. The fourth-order valence-electron chi connectivity index (χ4n) is 6.33. The maximum absolute atomic E-state index is 13.2. The second kappa shape index (κ2) is 17.0. The number of piperazine rings is 1. The molecule has 8 heteroatoms. The van der Waals surface area contributed by atoms with E-state index < -0.39 is 0 Å². The van der Waals surface area contributed by atoms with Gasteiger partial charge in [-0.2, -0.15) is 0 Å². The lowest BCUT2D eigenvalue weighted by Gasteiger charge is -2.37. The highest BCUT2D eigenvalue weighted by Gasteiger charge is 2.32. The highest BCUT2D eigenvalue weighted by molar-refractivity contribution is 5.70. The first-order valence-electron chi connectivity index (χ1n) is 16.2. The fraction of sp³-hybridized carbons (Fsp3) is 0.706. The summed E-state index contributed by atoms with van der Waals surface area (Å²) in [4.78, 5) is 27.0. The number of esters is 1. The standard InChI is InChI=1S/C34H52N2O6/c1-4-27-21-30-23-29-11-9-10-28(40-29)20-25(2)13-14-26(3)32(42-33(37)24-31(22-27)41-30)12-7-5-6-8-19-39-34(38)36-17-15-35-16-18-36/h4-7,12-14,25-26,28-32,35H,8-11,15-24H2,1-3H3. The molecule has 3 saturated heterocycles. The van der Waals surface area contributed by atoms with Crippen LogP contribution in [0.5, 0.6) is 0 Å². The number of hydrogen-bond acceptors (Lipinski definition) is 7. The first-order valence-corrected chi connectivity index (χ1v) is 16.2. The van der Waals surface area contributed by atoms with Gasteiger partial charge in [-0.1, -0.05) is 55.9 Å². The summed E-state index contributed by atoms with van der Waals surface area (Å²) in [6, 6.07) is 0. The van der Waals surface area contributed by atoms with Gasteiger partial charge in [0.05, 0.1) is 37.4 Å². The Morgan fingerprint density at radius 3 is 2.52 bits per heavy atom. The van der Waals surface area contributed by atoms with Crippen LogP contribution < -0.4 is 5.32 Å². The Hall–Kier alpha value is -2.42. The van der Waals surface area contributed by atoms with E-state index in [-0.39, 0.29) is 54.9 Å². The van der Waals surface area contributed by atoms with Crippen molar-refractivity contribution in [1.29, 1.82) is 0 Å². The van der Waals surface area contributed by atoms with Crippen molar-refractivity contribution < 1.29 is 28.5 Å². The van der Waals surface area contributed by atoms with Gasteiger partial charge in [0.15, 0.2) is 0 Å². The van der Waals surface area contributed by atoms with E-state index in [4.69, 9.17) is 18.9 Å².